The Balaban J connectivity index is 2.89. The number of halogens is 2. The van der Waals surface area contributed by atoms with Crippen molar-refractivity contribution in [3.63, 3.8) is 0 Å². The van der Waals surface area contributed by atoms with Crippen molar-refractivity contribution < 1.29 is 23.0 Å². The van der Waals surface area contributed by atoms with Gasteiger partial charge in [0, 0.05) is 19.2 Å². The van der Waals surface area contributed by atoms with Crippen LogP contribution in [0.25, 0.3) is 0 Å². The van der Waals surface area contributed by atoms with Crippen molar-refractivity contribution in [3.8, 4) is 5.75 Å². The number of esters is 1. The van der Waals surface area contributed by atoms with E-state index < -0.39 is 17.6 Å². The molecule has 0 saturated carbocycles. The lowest BCUT2D eigenvalue weighted by Crippen LogP contribution is -2.28. The molecule has 1 rings (SSSR count). The Morgan fingerprint density at radius 2 is 2.00 bits per heavy atom. The van der Waals surface area contributed by atoms with Gasteiger partial charge in [0.05, 0.1) is 19.4 Å². The molecule has 0 aliphatic carbocycles. The normalized spacial score (nSPS) is 10.1. The third-order valence-electron chi connectivity index (χ3n) is 2.30. The van der Waals surface area contributed by atoms with E-state index in [0.29, 0.717) is 0 Å². The van der Waals surface area contributed by atoms with Crippen LogP contribution in [0.15, 0.2) is 12.1 Å². The van der Waals surface area contributed by atoms with Gasteiger partial charge in [-0.25, -0.2) is 8.78 Å². The van der Waals surface area contributed by atoms with Crippen molar-refractivity contribution in [2.75, 3.05) is 32.2 Å². The van der Waals surface area contributed by atoms with Crippen LogP contribution in [0.2, 0.25) is 0 Å². The molecule has 100 valence electrons. The average Bonchev–Trinajstić information content (AvgIpc) is 2.31. The van der Waals surface area contributed by atoms with Gasteiger partial charge in [0.2, 0.25) is 0 Å². The van der Waals surface area contributed by atoms with Gasteiger partial charge in [0.25, 0.3) is 0 Å². The summed E-state index contributed by atoms with van der Waals surface area (Å²) in [6, 6.07) is 1.92. The van der Waals surface area contributed by atoms with Crippen molar-refractivity contribution in [1.82, 2.24) is 0 Å². The molecule has 0 unspecified atom stereocenters. The van der Waals surface area contributed by atoms with Gasteiger partial charge in [-0.3, -0.25) is 4.79 Å². The number of ether oxygens (including phenoxy) is 2. The summed E-state index contributed by atoms with van der Waals surface area (Å²) < 4.78 is 36.5. The zero-order valence-corrected chi connectivity index (χ0v) is 10.5. The Kier molecular flexibility index (Phi) is 4.88. The first-order valence-corrected chi connectivity index (χ1v) is 5.39. The second-order valence-corrected chi connectivity index (χ2v) is 3.60. The van der Waals surface area contributed by atoms with Crippen LogP contribution in [-0.2, 0) is 9.53 Å². The number of carbonyl (C=O) groups excluding carboxylic acids is 1. The van der Waals surface area contributed by atoms with E-state index in [-0.39, 0.29) is 24.6 Å². The Morgan fingerprint density at radius 1 is 1.33 bits per heavy atom. The van der Waals surface area contributed by atoms with E-state index in [2.05, 4.69) is 4.74 Å². The number of nitrogens with zero attached hydrogens (tertiary/aromatic N) is 1. The monoisotopic (exact) mass is 259 g/mol. The largest absolute Gasteiger partial charge is 0.494 e. The number of likely N-dealkylation sites (N-methyl/N-ethyl adjacent to an activating group) is 1. The zero-order chi connectivity index (χ0) is 13.7. The molecule has 0 aliphatic rings. The molecule has 0 fully saturated rings. The maximum Gasteiger partial charge on any atom is 0.325 e. The molecular weight excluding hydrogens is 244 g/mol. The zero-order valence-electron chi connectivity index (χ0n) is 10.5. The predicted molar refractivity (Wildman–Crippen MR) is 62.8 cm³/mol. The molecule has 0 N–H and O–H groups in total. The summed E-state index contributed by atoms with van der Waals surface area (Å²) in [5.74, 6) is -2.04. The first kappa shape index (κ1) is 14.2. The third-order valence-corrected chi connectivity index (χ3v) is 2.30. The maximum atomic E-state index is 13.7. The molecule has 0 aromatic heterocycles. The first-order chi connectivity index (χ1) is 8.49. The van der Waals surface area contributed by atoms with Gasteiger partial charge in [-0.15, -0.1) is 0 Å². The summed E-state index contributed by atoms with van der Waals surface area (Å²) in [6.45, 7) is 1.76. The third kappa shape index (κ3) is 3.32. The smallest absolute Gasteiger partial charge is 0.325 e. The Morgan fingerprint density at radius 3 is 2.56 bits per heavy atom. The fourth-order valence-electron chi connectivity index (χ4n) is 1.45. The molecule has 1 aromatic carbocycles. The van der Waals surface area contributed by atoms with Crippen LogP contribution in [0.3, 0.4) is 0 Å². The van der Waals surface area contributed by atoms with Crippen LogP contribution >= 0.6 is 0 Å². The summed E-state index contributed by atoms with van der Waals surface area (Å²) in [5, 5.41) is 0. The van der Waals surface area contributed by atoms with Crippen LogP contribution in [-0.4, -0.2) is 33.3 Å². The predicted octanol–water partition coefficient (Wildman–Crippen LogP) is 1.97. The summed E-state index contributed by atoms with van der Waals surface area (Å²) in [6.07, 6.45) is 0. The second-order valence-electron chi connectivity index (χ2n) is 3.60. The highest BCUT2D eigenvalue weighted by molar-refractivity contribution is 5.75. The van der Waals surface area contributed by atoms with Crippen LogP contribution in [0.5, 0.6) is 5.75 Å². The highest BCUT2D eigenvalue weighted by Gasteiger charge is 2.16. The average molecular weight is 259 g/mol. The van der Waals surface area contributed by atoms with Crippen molar-refractivity contribution >= 4 is 11.7 Å². The molecule has 0 aliphatic heterocycles. The van der Waals surface area contributed by atoms with Crippen LogP contribution in [0.4, 0.5) is 14.5 Å². The number of rotatable bonds is 5. The van der Waals surface area contributed by atoms with Gasteiger partial charge in [-0.05, 0) is 6.92 Å². The molecule has 0 spiro atoms. The van der Waals surface area contributed by atoms with Crippen LogP contribution in [0, 0.1) is 11.6 Å². The molecule has 6 heteroatoms. The van der Waals surface area contributed by atoms with Crippen LogP contribution < -0.4 is 9.64 Å². The van der Waals surface area contributed by atoms with Gasteiger partial charge in [0.1, 0.15) is 12.4 Å². The molecular formula is C12H15F2NO3. The minimum atomic E-state index is -0.690. The summed E-state index contributed by atoms with van der Waals surface area (Å²) >= 11 is 0. The molecule has 0 saturated heterocycles. The van der Waals surface area contributed by atoms with Crippen molar-refractivity contribution in [2.24, 2.45) is 0 Å². The highest BCUT2D eigenvalue weighted by Crippen LogP contribution is 2.26. The highest BCUT2D eigenvalue weighted by atomic mass is 19.1. The molecule has 0 amide bonds. The standard InChI is InChI=1S/C12H15F2NO3/c1-4-18-12(16)7-15(2)10-5-9(14)11(17-3)6-8(10)13/h5-6H,4,7H2,1-3H3. The van der Waals surface area contributed by atoms with E-state index in [4.69, 9.17) is 4.74 Å². The van der Waals surface area contributed by atoms with Gasteiger partial charge in [0.15, 0.2) is 11.6 Å². The van der Waals surface area contributed by atoms with Crippen LogP contribution in [0.1, 0.15) is 6.92 Å². The molecule has 0 radical (unpaired) electrons. The number of hydrogen-bond donors (Lipinski definition) is 0. The quantitative estimate of drug-likeness (QED) is 0.758. The Hall–Kier alpha value is -1.85. The molecule has 4 nitrogen and oxygen atoms in total. The maximum absolute atomic E-state index is 13.7. The summed E-state index contributed by atoms with van der Waals surface area (Å²) in [4.78, 5) is 12.5. The fraction of sp³-hybridized carbons (Fsp3) is 0.417. The fourth-order valence-corrected chi connectivity index (χ4v) is 1.45. The lowest BCUT2D eigenvalue weighted by atomic mass is 10.2. The summed E-state index contributed by atoms with van der Waals surface area (Å²) in [5.41, 5.74) is -0.0265. The van der Waals surface area contributed by atoms with E-state index in [9.17, 15) is 13.6 Å². The topological polar surface area (TPSA) is 38.8 Å². The Bertz CT molecular complexity index is 438. The SMILES string of the molecule is CCOC(=O)CN(C)c1cc(F)c(OC)cc1F. The molecule has 1 aromatic rings. The number of carbonyl (C=O) groups is 1. The Labute approximate surface area is 104 Å². The first-order valence-electron chi connectivity index (χ1n) is 5.39. The van der Waals surface area contributed by atoms with E-state index in [1.165, 1.54) is 19.1 Å². The van der Waals surface area contributed by atoms with Gasteiger partial charge in [-0.1, -0.05) is 0 Å². The van der Waals surface area contributed by atoms with E-state index in [1.54, 1.807) is 6.92 Å². The molecule has 0 bridgehead atoms. The number of benzene rings is 1. The lowest BCUT2D eigenvalue weighted by Gasteiger charge is -2.19. The van der Waals surface area contributed by atoms with E-state index in [1.807, 2.05) is 0 Å². The van der Waals surface area contributed by atoms with Crippen molar-refractivity contribution in [1.29, 1.82) is 0 Å². The second kappa shape index (κ2) is 6.18. The minimum Gasteiger partial charge on any atom is -0.494 e. The van der Waals surface area contributed by atoms with Gasteiger partial charge < -0.3 is 14.4 Å². The molecule has 0 heterocycles. The number of hydrogen-bond acceptors (Lipinski definition) is 4. The van der Waals surface area contributed by atoms with Gasteiger partial charge in [-0.2, -0.15) is 0 Å². The number of anilines is 1. The molecule has 0 atom stereocenters. The van der Waals surface area contributed by atoms with Gasteiger partial charge >= 0.3 is 5.97 Å². The minimum absolute atomic E-state index is 0.0265. The van der Waals surface area contributed by atoms with E-state index >= 15 is 0 Å². The molecule has 18 heavy (non-hydrogen) atoms. The van der Waals surface area contributed by atoms with Crippen molar-refractivity contribution in [2.45, 2.75) is 6.92 Å². The van der Waals surface area contributed by atoms with E-state index in [0.717, 1.165) is 12.1 Å². The lowest BCUT2D eigenvalue weighted by molar-refractivity contribution is -0.141. The summed E-state index contributed by atoms with van der Waals surface area (Å²) in [7, 11) is 2.72. The number of methoxy groups -OCH3 is 1. The van der Waals surface area contributed by atoms with Crippen molar-refractivity contribution in [3.05, 3.63) is 23.8 Å².